The van der Waals surface area contributed by atoms with Crippen molar-refractivity contribution in [3.05, 3.63) is 52.9 Å². The Morgan fingerprint density at radius 3 is 2.42 bits per heavy atom. The molecule has 1 aliphatic rings. The minimum absolute atomic E-state index is 0.162. The van der Waals surface area contributed by atoms with Gasteiger partial charge in [-0.15, -0.1) is 0 Å². The van der Waals surface area contributed by atoms with Gasteiger partial charge in [-0.3, -0.25) is 0 Å². The number of hydrogen-bond acceptors (Lipinski definition) is 7. The van der Waals surface area contributed by atoms with Gasteiger partial charge in [-0.05, 0) is 30.2 Å². The summed E-state index contributed by atoms with van der Waals surface area (Å²) in [6.07, 6.45) is -3.41. The number of aromatic nitrogens is 2. The van der Waals surface area contributed by atoms with E-state index in [9.17, 15) is 22.8 Å². The topological polar surface area (TPSA) is 106 Å². The van der Waals surface area contributed by atoms with Gasteiger partial charge < -0.3 is 14.8 Å². The lowest BCUT2D eigenvalue weighted by molar-refractivity contribution is -0.222. The number of rotatable bonds is 4. The highest BCUT2D eigenvalue weighted by molar-refractivity contribution is 6.15. The van der Waals surface area contributed by atoms with E-state index in [4.69, 9.17) is 14.7 Å². The van der Waals surface area contributed by atoms with Crippen LogP contribution in [0.15, 0.2) is 36.0 Å². The summed E-state index contributed by atoms with van der Waals surface area (Å²) < 4.78 is 50.8. The number of anilines is 1. The van der Waals surface area contributed by atoms with Gasteiger partial charge in [0.05, 0.1) is 17.3 Å². The third kappa shape index (κ3) is 4.53. The molecule has 0 atom stereocenters. The van der Waals surface area contributed by atoms with E-state index in [1.165, 1.54) is 26.0 Å². The molecule has 1 aromatic carbocycles. The minimum atomic E-state index is -4.74. The SMILES string of the molecule is CCc1cc(C#N)ccc1-n1nc(C(F)(F)F)cc1NC=C1C(=O)OC(C)(C)OC1=O. The van der Waals surface area contributed by atoms with Gasteiger partial charge in [-0.1, -0.05) is 6.92 Å². The molecule has 2 aromatic rings. The molecule has 2 heterocycles. The Morgan fingerprint density at radius 1 is 1.23 bits per heavy atom. The Bertz CT molecular complexity index is 1100. The van der Waals surface area contributed by atoms with Crippen molar-refractivity contribution >= 4 is 17.8 Å². The molecule has 0 radical (unpaired) electrons. The fourth-order valence-corrected chi connectivity index (χ4v) is 2.88. The maximum Gasteiger partial charge on any atom is 0.435 e. The van der Waals surface area contributed by atoms with Crippen LogP contribution in [-0.2, 0) is 31.7 Å². The molecule has 0 amide bonds. The van der Waals surface area contributed by atoms with E-state index in [-0.39, 0.29) is 5.82 Å². The average molecular weight is 434 g/mol. The van der Waals surface area contributed by atoms with Gasteiger partial charge in [0.15, 0.2) is 11.3 Å². The van der Waals surface area contributed by atoms with Crippen molar-refractivity contribution in [3.8, 4) is 11.8 Å². The molecule has 162 valence electrons. The van der Waals surface area contributed by atoms with Crippen LogP contribution in [0.2, 0.25) is 0 Å². The number of ether oxygens (including phenoxy) is 2. The number of hydrogen-bond donors (Lipinski definition) is 1. The molecule has 31 heavy (non-hydrogen) atoms. The summed E-state index contributed by atoms with van der Waals surface area (Å²) in [7, 11) is 0. The third-order valence-electron chi connectivity index (χ3n) is 4.30. The standard InChI is InChI=1S/C20H17F3N4O4/c1-4-12-7-11(9-24)5-6-14(12)27-16(8-15(26-27)20(21,22)23)25-10-13-17(28)30-19(2,3)31-18(13)29/h5-8,10,25H,4H2,1-3H3. The van der Waals surface area contributed by atoms with Gasteiger partial charge >= 0.3 is 18.1 Å². The summed E-state index contributed by atoms with van der Waals surface area (Å²) in [6.45, 7) is 4.52. The molecular weight excluding hydrogens is 417 g/mol. The number of nitriles is 1. The molecule has 1 fully saturated rings. The Hall–Kier alpha value is -3.81. The van der Waals surface area contributed by atoms with Crippen molar-refractivity contribution in [2.45, 2.75) is 39.2 Å². The maximum absolute atomic E-state index is 13.3. The fourth-order valence-electron chi connectivity index (χ4n) is 2.88. The number of benzene rings is 1. The first-order chi connectivity index (χ1) is 14.4. The number of nitrogens with one attached hydrogen (secondary N) is 1. The van der Waals surface area contributed by atoms with Crippen LogP contribution in [0.1, 0.15) is 37.6 Å². The number of nitrogens with zero attached hydrogens (tertiary/aromatic N) is 3. The van der Waals surface area contributed by atoms with Gasteiger partial charge in [0.1, 0.15) is 5.82 Å². The van der Waals surface area contributed by atoms with Crippen LogP contribution in [0.3, 0.4) is 0 Å². The summed E-state index contributed by atoms with van der Waals surface area (Å²) in [4.78, 5) is 24.1. The monoisotopic (exact) mass is 434 g/mol. The number of cyclic esters (lactones) is 2. The highest BCUT2D eigenvalue weighted by Gasteiger charge is 2.39. The number of esters is 2. The van der Waals surface area contributed by atoms with Gasteiger partial charge in [-0.25, -0.2) is 14.3 Å². The Labute approximate surface area is 174 Å². The molecule has 1 N–H and O–H groups in total. The van der Waals surface area contributed by atoms with Crippen LogP contribution in [0.4, 0.5) is 19.0 Å². The first-order valence-corrected chi connectivity index (χ1v) is 9.09. The summed E-state index contributed by atoms with van der Waals surface area (Å²) in [6, 6.07) is 7.17. The van der Waals surface area contributed by atoms with E-state index in [1.807, 2.05) is 6.07 Å². The summed E-state index contributed by atoms with van der Waals surface area (Å²) in [5.74, 6) is -3.58. The molecule has 8 nitrogen and oxygen atoms in total. The predicted octanol–water partition coefficient (Wildman–Crippen LogP) is 3.46. The van der Waals surface area contributed by atoms with Crippen molar-refractivity contribution in [1.29, 1.82) is 5.26 Å². The second kappa shape index (κ2) is 7.79. The van der Waals surface area contributed by atoms with Crippen molar-refractivity contribution in [3.63, 3.8) is 0 Å². The molecule has 1 aliphatic heterocycles. The van der Waals surface area contributed by atoms with E-state index in [2.05, 4.69) is 10.4 Å². The summed E-state index contributed by atoms with van der Waals surface area (Å²) in [5.41, 5.74) is -0.487. The van der Waals surface area contributed by atoms with Crippen LogP contribution >= 0.6 is 0 Å². The zero-order valence-corrected chi connectivity index (χ0v) is 16.7. The third-order valence-corrected chi connectivity index (χ3v) is 4.30. The molecule has 3 rings (SSSR count). The first kappa shape index (κ1) is 21.9. The molecule has 0 unspecified atom stereocenters. The Kier molecular flexibility index (Phi) is 5.50. The number of aryl methyl sites for hydroxylation is 1. The van der Waals surface area contributed by atoms with Crippen molar-refractivity contribution in [2.75, 3.05) is 5.32 Å². The zero-order valence-electron chi connectivity index (χ0n) is 16.7. The molecule has 0 aliphatic carbocycles. The minimum Gasteiger partial charge on any atom is -0.419 e. The second-order valence-electron chi connectivity index (χ2n) is 7.01. The predicted molar refractivity (Wildman–Crippen MR) is 101 cm³/mol. The molecule has 0 bridgehead atoms. The summed E-state index contributed by atoms with van der Waals surface area (Å²) in [5, 5.41) is 15.2. The van der Waals surface area contributed by atoms with Crippen molar-refractivity contribution in [2.24, 2.45) is 0 Å². The molecular formula is C20H17F3N4O4. The molecule has 0 spiro atoms. The lowest BCUT2D eigenvalue weighted by Crippen LogP contribution is -2.42. The normalized spacial score (nSPS) is 15.7. The Morgan fingerprint density at radius 2 is 1.87 bits per heavy atom. The number of carbonyl (C=O) groups excluding carboxylic acids is 2. The number of halogens is 3. The van der Waals surface area contributed by atoms with E-state index in [0.29, 0.717) is 23.2 Å². The van der Waals surface area contributed by atoms with Crippen LogP contribution in [0, 0.1) is 11.3 Å². The quantitative estimate of drug-likeness (QED) is 0.446. The highest BCUT2D eigenvalue weighted by Crippen LogP contribution is 2.32. The second-order valence-corrected chi connectivity index (χ2v) is 7.01. The maximum atomic E-state index is 13.3. The van der Waals surface area contributed by atoms with E-state index in [1.54, 1.807) is 13.0 Å². The number of alkyl halides is 3. The lowest BCUT2D eigenvalue weighted by Gasteiger charge is -2.29. The summed E-state index contributed by atoms with van der Waals surface area (Å²) >= 11 is 0. The van der Waals surface area contributed by atoms with Crippen LogP contribution in [0.25, 0.3) is 5.69 Å². The van der Waals surface area contributed by atoms with Gasteiger partial charge in [0, 0.05) is 26.1 Å². The van der Waals surface area contributed by atoms with Gasteiger partial charge in [0.25, 0.3) is 5.79 Å². The smallest absolute Gasteiger partial charge is 0.419 e. The van der Waals surface area contributed by atoms with Crippen LogP contribution in [-0.4, -0.2) is 27.5 Å². The lowest BCUT2D eigenvalue weighted by atomic mass is 10.1. The van der Waals surface area contributed by atoms with E-state index < -0.39 is 35.2 Å². The molecule has 1 saturated heterocycles. The zero-order chi connectivity index (χ0) is 23.0. The first-order valence-electron chi connectivity index (χ1n) is 9.09. The highest BCUT2D eigenvalue weighted by atomic mass is 19.4. The van der Waals surface area contributed by atoms with Crippen LogP contribution < -0.4 is 5.32 Å². The van der Waals surface area contributed by atoms with Gasteiger partial charge in [-0.2, -0.15) is 23.5 Å². The van der Waals surface area contributed by atoms with Crippen molar-refractivity contribution in [1.82, 2.24) is 9.78 Å². The largest absolute Gasteiger partial charge is 0.435 e. The molecule has 1 aromatic heterocycles. The van der Waals surface area contributed by atoms with E-state index in [0.717, 1.165) is 16.9 Å². The van der Waals surface area contributed by atoms with Crippen molar-refractivity contribution < 1.29 is 32.2 Å². The molecule has 0 saturated carbocycles. The Balaban J connectivity index is 2.06. The number of carbonyl (C=O) groups is 2. The van der Waals surface area contributed by atoms with Gasteiger partial charge in [0.2, 0.25) is 0 Å². The van der Waals surface area contributed by atoms with E-state index >= 15 is 0 Å². The fraction of sp³-hybridized carbons (Fsp3) is 0.300. The average Bonchev–Trinajstić information content (AvgIpc) is 3.10. The molecule has 11 heteroatoms. The van der Waals surface area contributed by atoms with Crippen LogP contribution in [0.5, 0.6) is 0 Å².